The van der Waals surface area contributed by atoms with Gasteiger partial charge < -0.3 is 10.2 Å². The van der Waals surface area contributed by atoms with Crippen LogP contribution in [0.5, 0.6) is 0 Å². The van der Waals surface area contributed by atoms with Gasteiger partial charge in [-0.25, -0.2) is 0 Å². The first kappa shape index (κ1) is 14.8. The van der Waals surface area contributed by atoms with Crippen molar-refractivity contribution in [1.29, 1.82) is 0 Å². The molecule has 1 aliphatic rings. The van der Waals surface area contributed by atoms with Gasteiger partial charge in [-0.15, -0.1) is 0 Å². The molecule has 1 unspecified atom stereocenters. The zero-order chi connectivity index (χ0) is 14.7. The van der Waals surface area contributed by atoms with Crippen LogP contribution in [0.1, 0.15) is 32.3 Å². The lowest BCUT2D eigenvalue weighted by molar-refractivity contribution is -0.384. The molecule has 2 rings (SSSR count). The number of aryl methyl sites for hydroxylation is 1. The highest BCUT2D eigenvalue weighted by molar-refractivity contribution is 5.64. The third-order valence-electron chi connectivity index (χ3n) is 3.84. The topological polar surface area (TPSA) is 58.4 Å². The first-order chi connectivity index (χ1) is 9.49. The first-order valence-corrected chi connectivity index (χ1v) is 7.24. The van der Waals surface area contributed by atoms with Gasteiger partial charge in [-0.05, 0) is 51.8 Å². The quantitative estimate of drug-likeness (QED) is 0.664. The predicted octanol–water partition coefficient (Wildman–Crippen LogP) is 2.87. The first-order valence-electron chi connectivity index (χ1n) is 7.24. The Morgan fingerprint density at radius 1 is 1.50 bits per heavy atom. The minimum Gasteiger partial charge on any atom is -0.362 e. The Kier molecular flexibility index (Phi) is 4.60. The van der Waals surface area contributed by atoms with Crippen molar-refractivity contribution in [1.82, 2.24) is 5.32 Å². The summed E-state index contributed by atoms with van der Waals surface area (Å²) in [5, 5.41) is 14.8. The summed E-state index contributed by atoms with van der Waals surface area (Å²) >= 11 is 0. The summed E-state index contributed by atoms with van der Waals surface area (Å²) in [5.74, 6) is 0. The molecule has 5 heteroatoms. The van der Waals surface area contributed by atoms with Crippen molar-refractivity contribution < 1.29 is 4.92 Å². The zero-order valence-corrected chi connectivity index (χ0v) is 12.4. The maximum Gasteiger partial charge on any atom is 0.292 e. The molecule has 0 aromatic heterocycles. The van der Waals surface area contributed by atoms with E-state index in [2.05, 4.69) is 24.1 Å². The highest BCUT2D eigenvalue weighted by atomic mass is 16.6. The van der Waals surface area contributed by atoms with Gasteiger partial charge in [0.15, 0.2) is 0 Å². The van der Waals surface area contributed by atoms with Crippen LogP contribution in [0.3, 0.4) is 0 Å². The van der Waals surface area contributed by atoms with E-state index in [-0.39, 0.29) is 16.7 Å². The number of hydrogen-bond acceptors (Lipinski definition) is 4. The Balaban J connectivity index is 2.30. The molecule has 1 fully saturated rings. The minimum absolute atomic E-state index is 0.205. The normalized spacial score (nSPS) is 18.5. The van der Waals surface area contributed by atoms with Gasteiger partial charge >= 0.3 is 0 Å². The number of nitrogens with zero attached hydrogens (tertiary/aromatic N) is 2. The summed E-state index contributed by atoms with van der Waals surface area (Å²) in [7, 11) is 0. The molecular formula is C15H23N3O2. The van der Waals surface area contributed by atoms with E-state index < -0.39 is 0 Å². The largest absolute Gasteiger partial charge is 0.362 e. The number of hydrogen-bond donors (Lipinski definition) is 1. The van der Waals surface area contributed by atoms with Crippen molar-refractivity contribution in [2.24, 2.45) is 0 Å². The number of nitro groups is 1. The van der Waals surface area contributed by atoms with E-state index in [1.807, 2.05) is 19.1 Å². The van der Waals surface area contributed by atoms with Crippen LogP contribution in [0.2, 0.25) is 0 Å². The molecule has 1 saturated heterocycles. The van der Waals surface area contributed by atoms with Crippen LogP contribution >= 0.6 is 0 Å². The second kappa shape index (κ2) is 6.22. The average Bonchev–Trinajstić information content (AvgIpc) is 2.89. The fourth-order valence-corrected chi connectivity index (χ4v) is 2.76. The van der Waals surface area contributed by atoms with Gasteiger partial charge in [0.05, 0.1) is 4.92 Å². The molecule has 0 aliphatic carbocycles. The van der Waals surface area contributed by atoms with Crippen molar-refractivity contribution in [3.8, 4) is 0 Å². The lowest BCUT2D eigenvalue weighted by atomic mass is 10.1. The molecule has 0 spiro atoms. The van der Waals surface area contributed by atoms with Crippen molar-refractivity contribution >= 4 is 11.4 Å². The minimum atomic E-state index is -0.278. The maximum atomic E-state index is 11.3. The highest BCUT2D eigenvalue weighted by Crippen LogP contribution is 2.31. The van der Waals surface area contributed by atoms with Gasteiger partial charge in [0.25, 0.3) is 5.69 Å². The Morgan fingerprint density at radius 3 is 2.80 bits per heavy atom. The number of rotatable bonds is 5. The molecule has 1 aliphatic heterocycles. The fourth-order valence-electron chi connectivity index (χ4n) is 2.76. The monoisotopic (exact) mass is 277 g/mol. The van der Waals surface area contributed by atoms with Gasteiger partial charge in [0.1, 0.15) is 5.69 Å². The van der Waals surface area contributed by atoms with Crippen molar-refractivity contribution in [2.45, 2.75) is 45.7 Å². The lowest BCUT2D eigenvalue weighted by Crippen LogP contribution is -2.41. The third kappa shape index (κ3) is 3.28. The van der Waals surface area contributed by atoms with Gasteiger partial charge in [-0.1, -0.05) is 6.07 Å². The summed E-state index contributed by atoms with van der Waals surface area (Å²) in [4.78, 5) is 13.2. The van der Waals surface area contributed by atoms with Crippen molar-refractivity contribution in [2.75, 3.05) is 18.0 Å². The molecular weight excluding hydrogens is 254 g/mol. The van der Waals surface area contributed by atoms with E-state index in [0.717, 1.165) is 30.8 Å². The van der Waals surface area contributed by atoms with E-state index >= 15 is 0 Å². The van der Waals surface area contributed by atoms with Gasteiger partial charge in [0, 0.05) is 24.7 Å². The van der Waals surface area contributed by atoms with E-state index in [9.17, 15) is 10.1 Å². The summed E-state index contributed by atoms with van der Waals surface area (Å²) < 4.78 is 0. The molecule has 1 aromatic rings. The van der Waals surface area contributed by atoms with Crippen LogP contribution in [0.25, 0.3) is 0 Å². The molecule has 110 valence electrons. The molecule has 1 aromatic carbocycles. The molecule has 0 saturated carbocycles. The summed E-state index contributed by atoms with van der Waals surface area (Å²) in [6, 6.07) is 6.15. The predicted molar refractivity (Wildman–Crippen MR) is 81.3 cm³/mol. The van der Waals surface area contributed by atoms with Gasteiger partial charge in [0.2, 0.25) is 0 Å². The second-order valence-corrected chi connectivity index (χ2v) is 5.79. The Bertz CT molecular complexity index is 482. The van der Waals surface area contributed by atoms with Crippen LogP contribution < -0.4 is 10.2 Å². The van der Waals surface area contributed by atoms with Crippen LogP contribution in [0, 0.1) is 17.0 Å². The average molecular weight is 277 g/mol. The van der Waals surface area contributed by atoms with Gasteiger partial charge in [-0.2, -0.15) is 0 Å². The van der Waals surface area contributed by atoms with Gasteiger partial charge in [-0.3, -0.25) is 10.1 Å². The molecule has 1 atom stereocenters. The smallest absolute Gasteiger partial charge is 0.292 e. The maximum absolute atomic E-state index is 11.3. The number of anilines is 1. The molecule has 1 heterocycles. The Labute approximate surface area is 120 Å². The Morgan fingerprint density at radius 2 is 2.25 bits per heavy atom. The van der Waals surface area contributed by atoms with E-state index in [1.165, 1.54) is 6.42 Å². The number of nitrogens with one attached hydrogen (secondary N) is 1. The van der Waals surface area contributed by atoms with Crippen molar-refractivity contribution in [3.63, 3.8) is 0 Å². The molecule has 20 heavy (non-hydrogen) atoms. The number of nitro benzene ring substituents is 1. The second-order valence-electron chi connectivity index (χ2n) is 5.79. The van der Waals surface area contributed by atoms with Crippen LogP contribution in [0.15, 0.2) is 18.2 Å². The summed E-state index contributed by atoms with van der Waals surface area (Å²) in [6.07, 6.45) is 2.33. The molecule has 0 radical (unpaired) electrons. The van der Waals surface area contributed by atoms with Crippen LogP contribution in [0.4, 0.5) is 11.4 Å². The number of benzene rings is 1. The van der Waals surface area contributed by atoms with E-state index in [0.29, 0.717) is 6.04 Å². The van der Waals surface area contributed by atoms with E-state index in [1.54, 1.807) is 6.07 Å². The third-order valence-corrected chi connectivity index (χ3v) is 3.84. The van der Waals surface area contributed by atoms with Crippen LogP contribution in [-0.2, 0) is 0 Å². The van der Waals surface area contributed by atoms with Crippen LogP contribution in [-0.4, -0.2) is 30.1 Å². The molecule has 1 N–H and O–H groups in total. The highest BCUT2D eigenvalue weighted by Gasteiger charge is 2.25. The molecule has 0 bridgehead atoms. The fraction of sp³-hybridized carbons (Fsp3) is 0.600. The molecule has 5 nitrogen and oxygen atoms in total. The Hall–Kier alpha value is -1.62. The standard InChI is InChI=1S/C15H23N3O2/c1-11(2)17(10-13-5-4-8-16-13)14-7-6-12(3)9-15(14)18(19)20/h6-7,9,11,13,16H,4-5,8,10H2,1-3H3. The van der Waals surface area contributed by atoms with Crippen molar-refractivity contribution in [3.05, 3.63) is 33.9 Å². The summed E-state index contributed by atoms with van der Waals surface area (Å²) in [6.45, 7) is 7.92. The summed E-state index contributed by atoms with van der Waals surface area (Å²) in [5.41, 5.74) is 1.85. The lowest BCUT2D eigenvalue weighted by Gasteiger charge is -2.31. The zero-order valence-electron chi connectivity index (χ0n) is 12.4. The van der Waals surface area contributed by atoms with E-state index in [4.69, 9.17) is 0 Å². The SMILES string of the molecule is Cc1ccc(N(CC2CCCN2)C(C)C)c([N+](=O)[O-])c1. The molecule has 0 amide bonds.